The van der Waals surface area contributed by atoms with Crippen molar-refractivity contribution in [2.75, 3.05) is 20.3 Å². The molecule has 29 heavy (non-hydrogen) atoms. The van der Waals surface area contributed by atoms with E-state index in [4.69, 9.17) is 21.1 Å². The molecule has 1 aliphatic heterocycles. The highest BCUT2D eigenvalue weighted by atomic mass is 35.5. The third-order valence-corrected chi connectivity index (χ3v) is 5.52. The van der Waals surface area contributed by atoms with E-state index in [2.05, 4.69) is 16.8 Å². The van der Waals surface area contributed by atoms with Crippen molar-refractivity contribution in [1.82, 2.24) is 9.88 Å². The molecule has 1 unspecified atom stereocenters. The minimum absolute atomic E-state index is 0.0759. The summed E-state index contributed by atoms with van der Waals surface area (Å²) in [6.07, 6.45) is 0.310. The first-order valence-electron chi connectivity index (χ1n) is 9.40. The van der Waals surface area contributed by atoms with E-state index >= 15 is 0 Å². The van der Waals surface area contributed by atoms with E-state index in [1.807, 2.05) is 42.5 Å². The zero-order valence-electron chi connectivity index (χ0n) is 16.3. The Morgan fingerprint density at radius 1 is 1.28 bits per heavy atom. The molecule has 148 valence electrons. The fourth-order valence-corrected chi connectivity index (χ4v) is 4.17. The maximum absolute atomic E-state index is 12.8. The monoisotopic (exact) mass is 408 g/mol. The van der Waals surface area contributed by atoms with Gasteiger partial charge < -0.3 is 14.5 Å². The SMILES string of the molecule is CC#CCOC(=O)N1CCc2c([nH]c3cccc(Cl)c23)C1c1ccc(OC)cc1. The van der Waals surface area contributed by atoms with E-state index in [1.54, 1.807) is 18.9 Å². The van der Waals surface area contributed by atoms with Crippen LogP contribution in [0.1, 0.15) is 29.8 Å². The third-order valence-electron chi connectivity index (χ3n) is 5.21. The van der Waals surface area contributed by atoms with Crippen molar-refractivity contribution in [3.63, 3.8) is 0 Å². The van der Waals surface area contributed by atoms with Crippen molar-refractivity contribution in [2.45, 2.75) is 19.4 Å². The maximum atomic E-state index is 12.8. The quantitative estimate of drug-likeness (QED) is 0.624. The van der Waals surface area contributed by atoms with Crippen molar-refractivity contribution in [1.29, 1.82) is 0 Å². The number of nitrogens with zero attached hydrogens (tertiary/aromatic N) is 1. The molecule has 0 aliphatic carbocycles. The van der Waals surface area contributed by atoms with E-state index in [9.17, 15) is 4.79 Å². The van der Waals surface area contributed by atoms with Crippen LogP contribution in [0.5, 0.6) is 5.75 Å². The van der Waals surface area contributed by atoms with Gasteiger partial charge in [0.15, 0.2) is 6.61 Å². The number of nitrogens with one attached hydrogen (secondary N) is 1. The molecule has 0 bridgehead atoms. The van der Waals surface area contributed by atoms with Gasteiger partial charge in [0.25, 0.3) is 0 Å². The normalized spacial score (nSPS) is 15.4. The predicted molar refractivity (Wildman–Crippen MR) is 113 cm³/mol. The second-order valence-electron chi connectivity index (χ2n) is 6.78. The summed E-state index contributed by atoms with van der Waals surface area (Å²) >= 11 is 6.50. The molecule has 0 radical (unpaired) electrons. The first kappa shape index (κ1) is 19.2. The lowest BCUT2D eigenvalue weighted by atomic mass is 9.92. The summed E-state index contributed by atoms with van der Waals surface area (Å²) in [6, 6.07) is 13.2. The molecular formula is C23H21ClN2O3. The molecule has 1 amide bonds. The molecule has 2 heterocycles. The number of fused-ring (bicyclic) bond motifs is 3. The van der Waals surface area contributed by atoms with Gasteiger partial charge in [-0.2, -0.15) is 0 Å². The summed E-state index contributed by atoms with van der Waals surface area (Å²) in [6.45, 7) is 2.32. The van der Waals surface area contributed by atoms with Crippen LogP contribution in [0.3, 0.4) is 0 Å². The topological polar surface area (TPSA) is 54.6 Å². The van der Waals surface area contributed by atoms with Crippen molar-refractivity contribution in [2.24, 2.45) is 0 Å². The number of hydrogen-bond acceptors (Lipinski definition) is 3. The second kappa shape index (κ2) is 8.10. The highest BCUT2D eigenvalue weighted by Gasteiger charge is 2.35. The number of carbonyl (C=O) groups is 1. The first-order valence-corrected chi connectivity index (χ1v) is 9.77. The molecule has 1 aromatic heterocycles. The molecule has 1 N–H and O–H groups in total. The largest absolute Gasteiger partial charge is 0.497 e. The minimum atomic E-state index is -0.385. The summed E-state index contributed by atoms with van der Waals surface area (Å²) in [5.74, 6) is 6.28. The molecule has 1 atom stereocenters. The van der Waals surface area contributed by atoms with Crippen molar-refractivity contribution >= 4 is 28.6 Å². The molecule has 6 heteroatoms. The van der Waals surface area contributed by atoms with Gasteiger partial charge >= 0.3 is 6.09 Å². The van der Waals surface area contributed by atoms with Gasteiger partial charge in [-0.3, -0.25) is 4.90 Å². The van der Waals surface area contributed by atoms with E-state index in [-0.39, 0.29) is 18.7 Å². The van der Waals surface area contributed by atoms with Crippen LogP contribution in [0.4, 0.5) is 4.79 Å². The number of aromatic amines is 1. The van der Waals surface area contributed by atoms with Crippen LogP contribution >= 0.6 is 11.6 Å². The van der Waals surface area contributed by atoms with Gasteiger partial charge in [-0.05, 0) is 48.7 Å². The summed E-state index contributed by atoms with van der Waals surface area (Å²) in [5, 5.41) is 1.73. The highest BCUT2D eigenvalue weighted by molar-refractivity contribution is 6.35. The third kappa shape index (κ3) is 3.52. The Hall–Kier alpha value is -3.10. The Morgan fingerprint density at radius 2 is 2.07 bits per heavy atom. The Labute approximate surface area is 174 Å². The minimum Gasteiger partial charge on any atom is -0.497 e. The zero-order chi connectivity index (χ0) is 20.4. The van der Waals surface area contributed by atoms with Gasteiger partial charge in [-0.25, -0.2) is 4.79 Å². The van der Waals surface area contributed by atoms with E-state index in [0.717, 1.165) is 33.5 Å². The van der Waals surface area contributed by atoms with Crippen LogP contribution in [0.2, 0.25) is 5.02 Å². The van der Waals surface area contributed by atoms with Crippen molar-refractivity contribution in [3.8, 4) is 17.6 Å². The molecule has 0 saturated carbocycles. The molecule has 0 fully saturated rings. The van der Waals surface area contributed by atoms with E-state index in [1.165, 1.54) is 0 Å². The Bertz CT molecular complexity index is 1110. The lowest BCUT2D eigenvalue weighted by molar-refractivity contribution is 0.0993. The van der Waals surface area contributed by atoms with Crippen LogP contribution < -0.4 is 4.74 Å². The molecule has 2 aromatic carbocycles. The number of amides is 1. The highest BCUT2D eigenvalue weighted by Crippen LogP contribution is 2.41. The zero-order valence-corrected chi connectivity index (χ0v) is 17.0. The van der Waals surface area contributed by atoms with Gasteiger partial charge in [0.1, 0.15) is 11.8 Å². The van der Waals surface area contributed by atoms with E-state index in [0.29, 0.717) is 18.0 Å². The number of H-pyrrole nitrogens is 1. The molecule has 4 rings (SSSR count). The average Bonchev–Trinajstić information content (AvgIpc) is 3.13. The summed E-state index contributed by atoms with van der Waals surface area (Å²) in [5.41, 5.74) is 4.04. The molecule has 3 aromatic rings. The van der Waals surface area contributed by atoms with Gasteiger partial charge in [-0.1, -0.05) is 35.7 Å². The number of methoxy groups -OCH3 is 1. The Morgan fingerprint density at radius 3 is 2.79 bits per heavy atom. The number of rotatable bonds is 3. The molecule has 0 saturated heterocycles. The van der Waals surface area contributed by atoms with Crippen molar-refractivity contribution < 1.29 is 14.3 Å². The Kier molecular flexibility index (Phi) is 5.37. The molecule has 5 nitrogen and oxygen atoms in total. The van der Waals surface area contributed by atoms with Gasteiger partial charge in [0.05, 0.1) is 12.1 Å². The van der Waals surface area contributed by atoms with Crippen LogP contribution in [-0.4, -0.2) is 36.2 Å². The Balaban J connectivity index is 1.81. The number of halogens is 1. The number of benzene rings is 2. The number of carbonyl (C=O) groups excluding carboxylic acids is 1. The fourth-order valence-electron chi connectivity index (χ4n) is 3.88. The molecule has 0 spiro atoms. The van der Waals surface area contributed by atoms with Crippen LogP contribution in [0.25, 0.3) is 10.9 Å². The lowest BCUT2D eigenvalue weighted by Gasteiger charge is -2.35. The van der Waals surface area contributed by atoms with E-state index < -0.39 is 0 Å². The molecule has 1 aliphatic rings. The molecular weight excluding hydrogens is 388 g/mol. The first-order chi connectivity index (χ1) is 14.1. The summed E-state index contributed by atoms with van der Waals surface area (Å²) in [7, 11) is 1.63. The summed E-state index contributed by atoms with van der Waals surface area (Å²) < 4.78 is 10.7. The van der Waals surface area contributed by atoms with Gasteiger partial charge in [0, 0.05) is 23.1 Å². The van der Waals surface area contributed by atoms with Crippen molar-refractivity contribution in [3.05, 3.63) is 64.3 Å². The standard InChI is InChI=1S/C23H21ClN2O3/c1-3-4-14-29-23(27)26-13-12-17-20-18(24)6-5-7-19(20)25-21(17)22(26)15-8-10-16(28-2)11-9-15/h5-11,22,25H,12-14H2,1-2H3. The van der Waals surface area contributed by atoms with Gasteiger partial charge in [-0.15, -0.1) is 5.92 Å². The second-order valence-corrected chi connectivity index (χ2v) is 7.19. The smallest absolute Gasteiger partial charge is 0.411 e. The predicted octanol–water partition coefficient (Wildman–Crippen LogP) is 4.94. The maximum Gasteiger partial charge on any atom is 0.411 e. The number of aromatic nitrogens is 1. The van der Waals surface area contributed by atoms with Gasteiger partial charge in [0.2, 0.25) is 0 Å². The fraction of sp³-hybridized carbons (Fsp3) is 0.261. The summed E-state index contributed by atoms with van der Waals surface area (Å²) in [4.78, 5) is 18.1. The average molecular weight is 409 g/mol. The van der Waals surface area contributed by atoms with Crippen LogP contribution in [-0.2, 0) is 11.2 Å². The number of ether oxygens (including phenoxy) is 2. The lowest BCUT2D eigenvalue weighted by Crippen LogP contribution is -2.41. The van der Waals surface area contributed by atoms with Crippen LogP contribution in [0.15, 0.2) is 42.5 Å². The van der Waals surface area contributed by atoms with Crippen LogP contribution in [0, 0.1) is 11.8 Å². The number of hydrogen-bond donors (Lipinski definition) is 1.